The number of rotatable bonds is 1. The summed E-state index contributed by atoms with van der Waals surface area (Å²) in [5.74, 6) is 0. The van der Waals surface area contributed by atoms with E-state index >= 15 is 0 Å². The largest absolute Gasteiger partial charge is 0.397 e. The molecule has 2 N–H and O–H groups in total. The highest BCUT2D eigenvalue weighted by Crippen LogP contribution is 2.50. The van der Waals surface area contributed by atoms with E-state index in [2.05, 4.69) is 24.0 Å². The maximum absolute atomic E-state index is 6.01. The van der Waals surface area contributed by atoms with Crippen LogP contribution in [-0.2, 0) is 0 Å². The molecule has 3 rings (SSSR count). The van der Waals surface area contributed by atoms with Gasteiger partial charge >= 0.3 is 0 Å². The number of nitrogens with two attached hydrogens (primary N) is 1. The van der Waals surface area contributed by atoms with Crippen molar-refractivity contribution in [3.05, 3.63) is 23.8 Å². The summed E-state index contributed by atoms with van der Waals surface area (Å²) in [6.07, 6.45) is 4.28. The van der Waals surface area contributed by atoms with E-state index < -0.39 is 0 Å². The predicted molar refractivity (Wildman–Crippen MR) is 64.1 cm³/mol. The van der Waals surface area contributed by atoms with Gasteiger partial charge in [-0.25, -0.2) is 0 Å². The number of nitrogens with zero attached hydrogens (tertiary/aromatic N) is 1. The monoisotopic (exact) mass is 202 g/mol. The molecule has 0 amide bonds. The lowest BCUT2D eigenvalue weighted by Crippen LogP contribution is -2.60. The maximum Gasteiger partial charge on any atom is 0.0602 e. The molecule has 15 heavy (non-hydrogen) atoms. The molecular formula is C13H18N2. The van der Waals surface area contributed by atoms with Crippen LogP contribution in [0.4, 0.5) is 11.4 Å². The van der Waals surface area contributed by atoms with E-state index in [1.54, 1.807) is 0 Å². The molecule has 1 saturated heterocycles. The van der Waals surface area contributed by atoms with Crippen molar-refractivity contribution in [2.24, 2.45) is 5.41 Å². The molecule has 1 spiro atoms. The molecule has 1 heterocycles. The Bertz CT molecular complexity index is 386. The predicted octanol–water partition coefficient (Wildman–Crippen LogP) is 2.57. The summed E-state index contributed by atoms with van der Waals surface area (Å²) in [4.78, 5) is 2.43. The smallest absolute Gasteiger partial charge is 0.0602 e. The zero-order chi connectivity index (χ0) is 10.5. The van der Waals surface area contributed by atoms with Crippen LogP contribution in [-0.4, -0.2) is 13.1 Å². The molecule has 0 aromatic heterocycles. The molecule has 80 valence electrons. The van der Waals surface area contributed by atoms with Crippen molar-refractivity contribution in [2.75, 3.05) is 23.7 Å². The lowest BCUT2D eigenvalue weighted by Gasteiger charge is -2.57. The Morgan fingerprint density at radius 2 is 2.00 bits per heavy atom. The van der Waals surface area contributed by atoms with E-state index in [1.165, 1.54) is 43.6 Å². The summed E-state index contributed by atoms with van der Waals surface area (Å²) in [5.41, 5.74) is 10.2. The van der Waals surface area contributed by atoms with Gasteiger partial charge in [-0.1, -0.05) is 12.5 Å². The van der Waals surface area contributed by atoms with E-state index in [1.807, 2.05) is 6.07 Å². The van der Waals surface area contributed by atoms with Gasteiger partial charge < -0.3 is 10.6 Å². The first-order valence-electron chi connectivity index (χ1n) is 5.80. The first-order valence-corrected chi connectivity index (χ1v) is 5.80. The summed E-state index contributed by atoms with van der Waals surface area (Å²) in [6, 6.07) is 6.31. The zero-order valence-corrected chi connectivity index (χ0v) is 9.29. The molecule has 1 aliphatic carbocycles. The van der Waals surface area contributed by atoms with Crippen LogP contribution in [0.2, 0.25) is 0 Å². The molecule has 1 aliphatic heterocycles. The van der Waals surface area contributed by atoms with Crippen molar-refractivity contribution in [2.45, 2.75) is 26.2 Å². The second-order valence-electron chi connectivity index (χ2n) is 5.27. The van der Waals surface area contributed by atoms with Crippen LogP contribution in [0.5, 0.6) is 0 Å². The van der Waals surface area contributed by atoms with Crippen LogP contribution < -0.4 is 10.6 Å². The first kappa shape index (κ1) is 9.08. The van der Waals surface area contributed by atoms with Crippen molar-refractivity contribution in [1.29, 1.82) is 0 Å². The minimum atomic E-state index is 0.677. The average Bonchev–Trinajstić information content (AvgIpc) is 2.06. The van der Waals surface area contributed by atoms with Gasteiger partial charge in [-0.05, 0) is 37.5 Å². The Balaban J connectivity index is 1.80. The van der Waals surface area contributed by atoms with Crippen LogP contribution in [0.25, 0.3) is 0 Å². The van der Waals surface area contributed by atoms with E-state index in [9.17, 15) is 0 Å². The van der Waals surface area contributed by atoms with Gasteiger partial charge in [0.15, 0.2) is 0 Å². The Morgan fingerprint density at radius 1 is 1.27 bits per heavy atom. The molecule has 1 aromatic rings. The number of benzene rings is 1. The third-order valence-electron chi connectivity index (χ3n) is 3.99. The zero-order valence-electron chi connectivity index (χ0n) is 9.29. The summed E-state index contributed by atoms with van der Waals surface area (Å²) < 4.78 is 0. The van der Waals surface area contributed by atoms with Gasteiger partial charge in [0.1, 0.15) is 0 Å². The minimum Gasteiger partial charge on any atom is -0.397 e. The number of anilines is 2. The first-order chi connectivity index (χ1) is 7.19. The lowest BCUT2D eigenvalue weighted by molar-refractivity contribution is 0.0905. The SMILES string of the molecule is Cc1ccc(N)c(N2CC3(CCC3)C2)c1. The normalized spacial score (nSPS) is 22.3. The quantitative estimate of drug-likeness (QED) is 0.709. The van der Waals surface area contributed by atoms with Crippen molar-refractivity contribution >= 4 is 11.4 Å². The molecule has 0 atom stereocenters. The van der Waals surface area contributed by atoms with Crippen LogP contribution >= 0.6 is 0 Å². The minimum absolute atomic E-state index is 0.677. The van der Waals surface area contributed by atoms with E-state index in [-0.39, 0.29) is 0 Å². The maximum atomic E-state index is 6.01. The van der Waals surface area contributed by atoms with Gasteiger partial charge in [-0.2, -0.15) is 0 Å². The van der Waals surface area contributed by atoms with Gasteiger partial charge in [0, 0.05) is 18.5 Å². The molecule has 2 fully saturated rings. The van der Waals surface area contributed by atoms with Gasteiger partial charge in [0.25, 0.3) is 0 Å². The highest BCUT2D eigenvalue weighted by atomic mass is 15.2. The van der Waals surface area contributed by atoms with Crippen LogP contribution in [0, 0.1) is 12.3 Å². The van der Waals surface area contributed by atoms with Crippen LogP contribution in [0.3, 0.4) is 0 Å². The summed E-state index contributed by atoms with van der Waals surface area (Å²) in [7, 11) is 0. The number of nitrogen functional groups attached to an aromatic ring is 1. The van der Waals surface area contributed by atoms with E-state index in [0.29, 0.717) is 5.41 Å². The third kappa shape index (κ3) is 1.31. The Morgan fingerprint density at radius 3 is 2.60 bits per heavy atom. The Labute approximate surface area is 91.1 Å². The molecule has 0 radical (unpaired) electrons. The van der Waals surface area contributed by atoms with Crippen LogP contribution in [0.1, 0.15) is 24.8 Å². The van der Waals surface area contributed by atoms with Crippen molar-refractivity contribution in [3.8, 4) is 0 Å². The standard InChI is InChI=1S/C13H18N2/c1-10-3-4-11(14)12(7-10)15-8-13(9-15)5-2-6-13/h3-4,7H,2,5-6,8-9,14H2,1H3. The van der Waals surface area contributed by atoms with Gasteiger partial charge in [-0.3, -0.25) is 0 Å². The van der Waals surface area contributed by atoms with E-state index in [4.69, 9.17) is 5.73 Å². The number of hydrogen-bond donors (Lipinski definition) is 1. The number of aryl methyl sites for hydroxylation is 1. The molecule has 1 saturated carbocycles. The highest BCUT2D eigenvalue weighted by Gasteiger charge is 2.47. The Hall–Kier alpha value is -1.18. The fraction of sp³-hybridized carbons (Fsp3) is 0.538. The van der Waals surface area contributed by atoms with Crippen molar-refractivity contribution < 1.29 is 0 Å². The van der Waals surface area contributed by atoms with Gasteiger partial charge in [0.05, 0.1) is 11.4 Å². The molecule has 2 aliphatic rings. The molecule has 0 unspecified atom stereocenters. The second kappa shape index (κ2) is 2.91. The van der Waals surface area contributed by atoms with Crippen LogP contribution in [0.15, 0.2) is 18.2 Å². The molecular weight excluding hydrogens is 184 g/mol. The lowest BCUT2D eigenvalue weighted by atomic mass is 9.63. The highest BCUT2D eigenvalue weighted by molar-refractivity contribution is 5.70. The number of hydrogen-bond acceptors (Lipinski definition) is 2. The summed E-state index contributed by atoms with van der Waals surface area (Å²) in [5, 5.41) is 0. The summed E-state index contributed by atoms with van der Waals surface area (Å²) in [6.45, 7) is 4.57. The fourth-order valence-corrected chi connectivity index (χ4v) is 2.85. The van der Waals surface area contributed by atoms with Crippen molar-refractivity contribution in [1.82, 2.24) is 0 Å². The topological polar surface area (TPSA) is 29.3 Å². The molecule has 1 aromatic carbocycles. The van der Waals surface area contributed by atoms with Crippen molar-refractivity contribution in [3.63, 3.8) is 0 Å². The average molecular weight is 202 g/mol. The van der Waals surface area contributed by atoms with Gasteiger partial charge in [0.2, 0.25) is 0 Å². The second-order valence-corrected chi connectivity index (χ2v) is 5.27. The van der Waals surface area contributed by atoms with E-state index in [0.717, 1.165) is 5.69 Å². The molecule has 0 bridgehead atoms. The Kier molecular flexibility index (Phi) is 1.76. The molecule has 2 heteroatoms. The molecule has 2 nitrogen and oxygen atoms in total. The summed E-state index contributed by atoms with van der Waals surface area (Å²) >= 11 is 0. The third-order valence-corrected chi connectivity index (χ3v) is 3.99. The van der Waals surface area contributed by atoms with Gasteiger partial charge in [-0.15, -0.1) is 0 Å². The fourth-order valence-electron chi connectivity index (χ4n) is 2.85.